The number of primary amides is 1. The lowest BCUT2D eigenvalue weighted by Gasteiger charge is -2.19. The molecule has 4 amide bonds. The number of aliphatic carboxylic acids is 1. The van der Waals surface area contributed by atoms with Crippen LogP contribution >= 0.6 is 0 Å². The second-order valence-electron chi connectivity index (χ2n) is 4.88. The number of nitrogens with one attached hydrogen (secondary N) is 3. The van der Waals surface area contributed by atoms with Gasteiger partial charge >= 0.3 is 5.97 Å². The van der Waals surface area contributed by atoms with Crippen molar-refractivity contribution in [3.05, 3.63) is 0 Å². The highest BCUT2D eigenvalue weighted by Crippen LogP contribution is 1.94. The van der Waals surface area contributed by atoms with Crippen molar-refractivity contribution in [1.29, 1.82) is 0 Å². The molecule has 0 radical (unpaired) electrons. The number of aliphatic hydroxyl groups is 1. The molecule has 0 heterocycles. The van der Waals surface area contributed by atoms with Crippen molar-refractivity contribution in [3.8, 4) is 0 Å². The van der Waals surface area contributed by atoms with Crippen LogP contribution in [0.3, 0.4) is 0 Å². The maximum atomic E-state index is 11.8. The van der Waals surface area contributed by atoms with Crippen LogP contribution in [0.1, 0.15) is 13.3 Å². The van der Waals surface area contributed by atoms with Gasteiger partial charge in [-0.3, -0.25) is 19.2 Å². The Bertz CT molecular complexity index is 508. The number of carbonyl (C=O) groups is 5. The van der Waals surface area contributed by atoms with Gasteiger partial charge in [0, 0.05) is 0 Å². The summed E-state index contributed by atoms with van der Waals surface area (Å²) in [6.07, 6.45) is -0.655. The number of carboxylic acids is 1. The molecule has 0 bridgehead atoms. The van der Waals surface area contributed by atoms with Crippen molar-refractivity contribution in [3.63, 3.8) is 0 Å². The van der Waals surface area contributed by atoms with E-state index in [-0.39, 0.29) is 0 Å². The lowest BCUT2D eigenvalue weighted by atomic mass is 10.1. The van der Waals surface area contributed by atoms with Gasteiger partial charge in [-0.25, -0.2) is 4.79 Å². The summed E-state index contributed by atoms with van der Waals surface area (Å²) in [4.78, 5) is 56.3. The summed E-state index contributed by atoms with van der Waals surface area (Å²) in [5, 5.41) is 24.2. The normalized spacial score (nSPS) is 14.0. The van der Waals surface area contributed by atoms with Crippen molar-refractivity contribution in [2.24, 2.45) is 11.5 Å². The minimum atomic E-state index is -1.60. The van der Waals surface area contributed by atoms with Crippen LogP contribution in [0.25, 0.3) is 0 Å². The molecule has 0 saturated heterocycles. The summed E-state index contributed by atoms with van der Waals surface area (Å²) in [6, 6.07) is -3.90. The molecule has 3 atom stereocenters. The molecule has 136 valence electrons. The van der Waals surface area contributed by atoms with Crippen molar-refractivity contribution < 1.29 is 34.2 Å². The van der Waals surface area contributed by atoms with Crippen molar-refractivity contribution in [1.82, 2.24) is 16.0 Å². The van der Waals surface area contributed by atoms with E-state index in [1.54, 1.807) is 0 Å². The van der Waals surface area contributed by atoms with Gasteiger partial charge in [0.05, 0.1) is 25.6 Å². The molecule has 0 aromatic carbocycles. The Morgan fingerprint density at radius 1 is 1.04 bits per heavy atom. The van der Waals surface area contributed by atoms with Gasteiger partial charge < -0.3 is 37.6 Å². The van der Waals surface area contributed by atoms with Gasteiger partial charge in [0.15, 0.2) is 0 Å². The first-order valence-corrected chi connectivity index (χ1v) is 6.83. The molecule has 0 fully saturated rings. The monoisotopic (exact) mass is 347 g/mol. The molecule has 0 aliphatic carbocycles. The van der Waals surface area contributed by atoms with Crippen LogP contribution < -0.4 is 27.4 Å². The average molecular weight is 347 g/mol. The summed E-state index contributed by atoms with van der Waals surface area (Å²) in [7, 11) is 0. The van der Waals surface area contributed by atoms with Crippen molar-refractivity contribution >= 4 is 29.6 Å². The standard InChI is InChI=1S/C12H21N5O7/c1-5(13)10(21)15-3-9(20)16-7(4-18)11(22)17-6(12(23)24)2-8(14)19/h5-7,18H,2-4,13H2,1H3,(H2,14,19)(H,15,21)(H,16,20)(H,17,22)(H,23,24). The largest absolute Gasteiger partial charge is 0.480 e. The fourth-order valence-corrected chi connectivity index (χ4v) is 1.44. The molecule has 0 spiro atoms. The number of aliphatic hydroxyl groups excluding tert-OH is 1. The van der Waals surface area contributed by atoms with Crippen molar-refractivity contribution in [2.45, 2.75) is 31.5 Å². The number of nitrogens with two attached hydrogens (primary N) is 2. The van der Waals surface area contributed by atoms with E-state index >= 15 is 0 Å². The first kappa shape index (κ1) is 21.3. The summed E-state index contributed by atoms with van der Waals surface area (Å²) >= 11 is 0. The van der Waals surface area contributed by atoms with Gasteiger partial charge in [0.25, 0.3) is 0 Å². The van der Waals surface area contributed by atoms with Crippen LogP contribution in [-0.4, -0.2) is 71.1 Å². The predicted octanol–water partition coefficient (Wildman–Crippen LogP) is -4.63. The lowest BCUT2D eigenvalue weighted by Crippen LogP contribution is -2.55. The van der Waals surface area contributed by atoms with Crippen LogP contribution in [0.5, 0.6) is 0 Å². The fourth-order valence-electron chi connectivity index (χ4n) is 1.44. The highest BCUT2D eigenvalue weighted by Gasteiger charge is 2.27. The summed E-state index contributed by atoms with van der Waals surface area (Å²) in [6.45, 7) is 0.0809. The number of amides is 4. The third kappa shape index (κ3) is 8.05. The quantitative estimate of drug-likeness (QED) is 0.203. The van der Waals surface area contributed by atoms with E-state index in [0.29, 0.717) is 0 Å². The zero-order chi connectivity index (χ0) is 18.9. The molecular formula is C12H21N5O7. The SMILES string of the molecule is CC(N)C(=O)NCC(=O)NC(CO)C(=O)NC(CC(N)=O)C(=O)O. The topological polar surface area (TPSA) is 214 Å². The Kier molecular flexibility index (Phi) is 8.97. The average Bonchev–Trinajstić information content (AvgIpc) is 2.48. The van der Waals surface area contributed by atoms with Gasteiger partial charge in [-0.2, -0.15) is 0 Å². The molecule has 12 nitrogen and oxygen atoms in total. The molecule has 0 aliphatic heterocycles. The zero-order valence-electron chi connectivity index (χ0n) is 12.9. The van der Waals surface area contributed by atoms with Crippen LogP contribution in [0.4, 0.5) is 0 Å². The molecule has 9 N–H and O–H groups in total. The summed E-state index contributed by atoms with van der Waals surface area (Å²) < 4.78 is 0. The minimum absolute atomic E-state index is 0.492. The Morgan fingerprint density at radius 3 is 2.04 bits per heavy atom. The lowest BCUT2D eigenvalue weighted by molar-refractivity contribution is -0.144. The smallest absolute Gasteiger partial charge is 0.326 e. The molecular weight excluding hydrogens is 326 g/mol. The van der Waals surface area contributed by atoms with Crippen molar-refractivity contribution in [2.75, 3.05) is 13.2 Å². The molecule has 0 saturated carbocycles. The molecule has 3 unspecified atom stereocenters. The van der Waals surface area contributed by atoms with Crippen LogP contribution in [-0.2, 0) is 24.0 Å². The number of carbonyl (C=O) groups excluding carboxylic acids is 4. The van der Waals surface area contributed by atoms with Crippen LogP contribution in [0, 0.1) is 0 Å². The molecule has 0 aromatic heterocycles. The number of hydrogen-bond donors (Lipinski definition) is 7. The van der Waals surface area contributed by atoms with E-state index < -0.39 is 67.3 Å². The maximum absolute atomic E-state index is 11.8. The number of rotatable bonds is 10. The molecule has 12 heteroatoms. The molecule has 0 rings (SSSR count). The van der Waals surface area contributed by atoms with E-state index in [4.69, 9.17) is 21.7 Å². The Balaban J connectivity index is 4.62. The highest BCUT2D eigenvalue weighted by atomic mass is 16.4. The summed E-state index contributed by atoms with van der Waals surface area (Å²) in [5.41, 5.74) is 10.1. The maximum Gasteiger partial charge on any atom is 0.326 e. The van der Waals surface area contributed by atoms with Gasteiger partial charge in [-0.1, -0.05) is 0 Å². The van der Waals surface area contributed by atoms with E-state index in [9.17, 15) is 24.0 Å². The third-order valence-electron chi connectivity index (χ3n) is 2.69. The second kappa shape index (κ2) is 10.1. The van der Waals surface area contributed by atoms with E-state index in [1.165, 1.54) is 6.92 Å². The third-order valence-corrected chi connectivity index (χ3v) is 2.69. The zero-order valence-corrected chi connectivity index (χ0v) is 12.9. The predicted molar refractivity (Wildman–Crippen MR) is 79.1 cm³/mol. The van der Waals surface area contributed by atoms with E-state index in [0.717, 1.165) is 0 Å². The Morgan fingerprint density at radius 2 is 1.62 bits per heavy atom. The number of carboxylic acid groups (broad SMARTS) is 1. The second-order valence-corrected chi connectivity index (χ2v) is 4.88. The summed E-state index contributed by atoms with van der Waals surface area (Å²) in [5.74, 6) is -4.89. The highest BCUT2D eigenvalue weighted by molar-refractivity contribution is 5.93. The Hall–Kier alpha value is -2.73. The van der Waals surface area contributed by atoms with E-state index in [1.807, 2.05) is 5.32 Å². The van der Waals surface area contributed by atoms with Gasteiger partial charge in [0.1, 0.15) is 12.1 Å². The van der Waals surface area contributed by atoms with Crippen LogP contribution in [0.15, 0.2) is 0 Å². The van der Waals surface area contributed by atoms with Gasteiger partial charge in [0.2, 0.25) is 23.6 Å². The van der Waals surface area contributed by atoms with Gasteiger partial charge in [-0.05, 0) is 6.92 Å². The van der Waals surface area contributed by atoms with E-state index in [2.05, 4.69) is 10.6 Å². The molecule has 24 heavy (non-hydrogen) atoms. The first-order valence-electron chi connectivity index (χ1n) is 6.83. The number of hydrogen-bond acceptors (Lipinski definition) is 7. The Labute approximate surface area is 136 Å². The van der Waals surface area contributed by atoms with Gasteiger partial charge in [-0.15, -0.1) is 0 Å². The fraction of sp³-hybridized carbons (Fsp3) is 0.583. The molecule has 0 aliphatic rings. The first-order chi connectivity index (χ1) is 11.1. The van der Waals surface area contributed by atoms with Crippen LogP contribution in [0.2, 0.25) is 0 Å². The molecule has 0 aromatic rings. The minimum Gasteiger partial charge on any atom is -0.480 e.